The Morgan fingerprint density at radius 1 is 0.727 bits per heavy atom. The Balaban J connectivity index is 1.56. The van der Waals surface area contributed by atoms with Crippen molar-refractivity contribution in [1.82, 2.24) is 0 Å². The molecule has 4 nitrogen and oxygen atoms in total. The SMILES string of the molecule is O=C(OCc1ccccc1)C(C(=O)OCc1ccccc1)C1CCCC=C1c1ccccc1. The van der Waals surface area contributed by atoms with Gasteiger partial charge in [0.1, 0.15) is 13.2 Å². The normalized spacial score (nSPS) is 15.5. The van der Waals surface area contributed by atoms with Crippen molar-refractivity contribution in [2.75, 3.05) is 0 Å². The maximum Gasteiger partial charge on any atom is 0.321 e. The van der Waals surface area contributed by atoms with Crippen LogP contribution in [0.2, 0.25) is 0 Å². The molecular weight excluding hydrogens is 412 g/mol. The van der Waals surface area contributed by atoms with Gasteiger partial charge in [0.05, 0.1) is 0 Å². The number of carbonyl (C=O) groups excluding carboxylic acids is 2. The van der Waals surface area contributed by atoms with Crippen molar-refractivity contribution in [2.45, 2.75) is 32.5 Å². The van der Waals surface area contributed by atoms with Crippen LogP contribution in [-0.2, 0) is 32.3 Å². The number of hydrogen-bond donors (Lipinski definition) is 0. The molecule has 0 heterocycles. The first-order valence-corrected chi connectivity index (χ1v) is 11.4. The van der Waals surface area contributed by atoms with Gasteiger partial charge in [-0.2, -0.15) is 0 Å². The maximum atomic E-state index is 13.3. The van der Waals surface area contributed by atoms with Gasteiger partial charge in [-0.1, -0.05) is 97.1 Å². The zero-order chi connectivity index (χ0) is 22.9. The smallest absolute Gasteiger partial charge is 0.321 e. The van der Waals surface area contributed by atoms with E-state index in [4.69, 9.17) is 9.47 Å². The van der Waals surface area contributed by atoms with Gasteiger partial charge < -0.3 is 9.47 Å². The molecule has 0 saturated carbocycles. The van der Waals surface area contributed by atoms with Crippen LogP contribution in [0, 0.1) is 11.8 Å². The number of esters is 2. The quantitative estimate of drug-likeness (QED) is 0.320. The number of allylic oxidation sites excluding steroid dienone is 2. The summed E-state index contributed by atoms with van der Waals surface area (Å²) in [5.41, 5.74) is 3.80. The van der Waals surface area contributed by atoms with Crippen LogP contribution in [0.15, 0.2) is 97.1 Å². The van der Waals surface area contributed by atoms with Gasteiger partial charge in [-0.15, -0.1) is 0 Å². The summed E-state index contributed by atoms with van der Waals surface area (Å²) in [6, 6.07) is 28.9. The highest BCUT2D eigenvalue weighted by Crippen LogP contribution is 2.38. The predicted molar refractivity (Wildman–Crippen MR) is 128 cm³/mol. The van der Waals surface area contributed by atoms with Crippen LogP contribution in [0.25, 0.3) is 5.57 Å². The highest BCUT2D eigenvalue weighted by atomic mass is 16.6. The number of carbonyl (C=O) groups is 2. The summed E-state index contributed by atoms with van der Waals surface area (Å²) in [7, 11) is 0. The first kappa shape index (κ1) is 22.5. The highest BCUT2D eigenvalue weighted by molar-refractivity contribution is 5.97. The average Bonchev–Trinajstić information content (AvgIpc) is 2.88. The van der Waals surface area contributed by atoms with Crippen molar-refractivity contribution in [3.8, 4) is 0 Å². The van der Waals surface area contributed by atoms with E-state index in [1.807, 2.05) is 91.0 Å². The van der Waals surface area contributed by atoms with Crippen LogP contribution >= 0.6 is 0 Å². The van der Waals surface area contributed by atoms with E-state index in [2.05, 4.69) is 6.08 Å². The van der Waals surface area contributed by atoms with E-state index in [9.17, 15) is 9.59 Å². The molecule has 1 unspecified atom stereocenters. The first-order valence-electron chi connectivity index (χ1n) is 11.4. The summed E-state index contributed by atoms with van der Waals surface area (Å²) in [6.07, 6.45) is 4.71. The van der Waals surface area contributed by atoms with Crippen LogP contribution in [-0.4, -0.2) is 11.9 Å². The Kier molecular flexibility index (Phi) is 7.70. The molecule has 1 atom stereocenters. The molecule has 0 aromatic heterocycles. The molecule has 0 aliphatic heterocycles. The minimum Gasteiger partial charge on any atom is -0.460 e. The van der Waals surface area contributed by atoms with Gasteiger partial charge in [-0.3, -0.25) is 9.59 Å². The third kappa shape index (κ3) is 5.98. The van der Waals surface area contributed by atoms with Gasteiger partial charge in [0, 0.05) is 5.92 Å². The Morgan fingerprint density at radius 3 is 1.73 bits per heavy atom. The van der Waals surface area contributed by atoms with E-state index in [1.165, 1.54) is 0 Å². The lowest BCUT2D eigenvalue weighted by Gasteiger charge is -2.29. The van der Waals surface area contributed by atoms with E-state index in [1.54, 1.807) is 0 Å². The molecule has 33 heavy (non-hydrogen) atoms. The topological polar surface area (TPSA) is 52.6 Å². The fourth-order valence-electron chi connectivity index (χ4n) is 4.27. The fraction of sp³-hybridized carbons (Fsp3) is 0.241. The molecule has 0 bridgehead atoms. The number of benzene rings is 3. The third-order valence-electron chi connectivity index (χ3n) is 5.95. The van der Waals surface area contributed by atoms with Crippen molar-refractivity contribution >= 4 is 17.5 Å². The lowest BCUT2D eigenvalue weighted by molar-refractivity contribution is -0.165. The van der Waals surface area contributed by atoms with E-state index in [0.717, 1.165) is 41.5 Å². The zero-order valence-electron chi connectivity index (χ0n) is 18.6. The van der Waals surface area contributed by atoms with Crippen LogP contribution in [0.3, 0.4) is 0 Å². The molecule has 0 radical (unpaired) electrons. The Bertz CT molecular complexity index is 1020. The summed E-state index contributed by atoms with van der Waals surface area (Å²) in [4.78, 5) is 26.6. The standard InChI is InChI=1S/C29H28O4/c30-28(32-20-22-12-4-1-5-13-22)27(29(31)33-21-23-14-6-2-7-15-23)26-19-11-10-18-25(26)24-16-8-3-9-17-24/h1-9,12-18,26-27H,10-11,19-21H2. The largest absolute Gasteiger partial charge is 0.460 e. The average molecular weight is 441 g/mol. The molecule has 1 aliphatic rings. The Morgan fingerprint density at radius 2 is 1.21 bits per heavy atom. The lowest BCUT2D eigenvalue weighted by atomic mass is 9.76. The molecule has 4 rings (SSSR count). The molecule has 0 N–H and O–H groups in total. The first-order chi connectivity index (χ1) is 16.2. The van der Waals surface area contributed by atoms with Crippen molar-refractivity contribution in [3.05, 3.63) is 114 Å². The summed E-state index contributed by atoms with van der Waals surface area (Å²) in [5.74, 6) is -2.37. The predicted octanol–water partition coefficient (Wildman–Crippen LogP) is 5.97. The molecule has 3 aromatic rings. The van der Waals surface area contributed by atoms with Gasteiger partial charge in [-0.25, -0.2) is 0 Å². The molecule has 1 aliphatic carbocycles. The van der Waals surface area contributed by atoms with Crippen LogP contribution < -0.4 is 0 Å². The van der Waals surface area contributed by atoms with E-state index >= 15 is 0 Å². The minimum atomic E-state index is -1.01. The summed E-state index contributed by atoms with van der Waals surface area (Å²) >= 11 is 0. The second-order valence-electron chi connectivity index (χ2n) is 8.23. The second-order valence-corrected chi connectivity index (χ2v) is 8.23. The van der Waals surface area contributed by atoms with E-state index in [-0.39, 0.29) is 19.1 Å². The van der Waals surface area contributed by atoms with Gasteiger partial charge in [0.15, 0.2) is 5.92 Å². The molecule has 0 fully saturated rings. The Hall–Kier alpha value is -3.66. The van der Waals surface area contributed by atoms with Crippen molar-refractivity contribution in [1.29, 1.82) is 0 Å². The van der Waals surface area contributed by atoms with E-state index in [0.29, 0.717) is 0 Å². The van der Waals surface area contributed by atoms with Gasteiger partial charge in [-0.05, 0) is 41.5 Å². The summed E-state index contributed by atoms with van der Waals surface area (Å²) in [6.45, 7) is 0.248. The van der Waals surface area contributed by atoms with Crippen LogP contribution in [0.4, 0.5) is 0 Å². The van der Waals surface area contributed by atoms with Gasteiger partial charge >= 0.3 is 11.9 Å². The summed E-state index contributed by atoms with van der Waals surface area (Å²) in [5, 5.41) is 0. The van der Waals surface area contributed by atoms with Crippen molar-refractivity contribution in [2.24, 2.45) is 11.8 Å². The zero-order valence-corrected chi connectivity index (χ0v) is 18.6. The van der Waals surface area contributed by atoms with E-state index < -0.39 is 17.9 Å². The monoisotopic (exact) mass is 440 g/mol. The molecule has 168 valence electrons. The molecular formula is C29H28O4. The van der Waals surface area contributed by atoms with Crippen molar-refractivity contribution in [3.63, 3.8) is 0 Å². The highest BCUT2D eigenvalue weighted by Gasteiger charge is 2.40. The lowest BCUT2D eigenvalue weighted by Crippen LogP contribution is -2.35. The van der Waals surface area contributed by atoms with Gasteiger partial charge in [0.25, 0.3) is 0 Å². The minimum absolute atomic E-state index is 0.124. The van der Waals surface area contributed by atoms with Crippen molar-refractivity contribution < 1.29 is 19.1 Å². The molecule has 0 amide bonds. The molecule has 0 spiro atoms. The molecule has 3 aromatic carbocycles. The third-order valence-corrected chi connectivity index (χ3v) is 5.95. The Labute approximate surface area is 194 Å². The number of hydrogen-bond acceptors (Lipinski definition) is 4. The fourth-order valence-corrected chi connectivity index (χ4v) is 4.27. The maximum absolute atomic E-state index is 13.3. The number of ether oxygens (including phenoxy) is 2. The van der Waals surface area contributed by atoms with Gasteiger partial charge in [0.2, 0.25) is 0 Å². The van der Waals surface area contributed by atoms with Crippen LogP contribution in [0.1, 0.15) is 36.0 Å². The van der Waals surface area contributed by atoms with Crippen LogP contribution in [0.5, 0.6) is 0 Å². The second kappa shape index (κ2) is 11.3. The summed E-state index contributed by atoms with van der Waals surface area (Å²) < 4.78 is 11.3. The molecule has 0 saturated heterocycles. The number of rotatable bonds is 8. The molecule has 4 heteroatoms.